The molecule has 1 heterocycles. The van der Waals surface area contributed by atoms with Gasteiger partial charge in [0.05, 0.1) is 5.41 Å². The first-order valence-corrected chi connectivity index (χ1v) is 9.61. The van der Waals surface area contributed by atoms with Crippen LogP contribution in [0.5, 0.6) is 0 Å². The number of fused-ring (bicyclic) bond motifs is 2. The van der Waals surface area contributed by atoms with Crippen molar-refractivity contribution in [3.63, 3.8) is 0 Å². The maximum atomic E-state index is 8.96. The van der Waals surface area contributed by atoms with Crippen molar-refractivity contribution >= 4 is 17.5 Å². The Labute approximate surface area is 149 Å². The largest absolute Gasteiger partial charge is 0.309 e. The number of hydrogen-bond acceptors (Lipinski definition) is 3. The molecule has 126 valence electrons. The second-order valence-electron chi connectivity index (χ2n) is 6.73. The van der Waals surface area contributed by atoms with Crippen molar-refractivity contribution in [3.05, 3.63) is 65.2 Å². The maximum Gasteiger partial charge on any atom is 0.0603 e. The molecule has 2 aromatic carbocycles. The average Bonchev–Trinajstić information content (AvgIpc) is 2.75. The lowest BCUT2D eigenvalue weighted by molar-refractivity contribution is 0.372. The van der Waals surface area contributed by atoms with E-state index >= 15 is 0 Å². The molecule has 0 fully saturated rings. The first kappa shape index (κ1) is 17.2. The van der Waals surface area contributed by atoms with Gasteiger partial charge in [-0.05, 0) is 56.2 Å². The zero-order chi connectivity index (χ0) is 17.2. The quantitative estimate of drug-likeness (QED) is 0.780. The zero-order valence-electron chi connectivity index (χ0n) is 14.8. The second kappa shape index (κ2) is 7.12. The lowest BCUT2D eigenvalue weighted by Crippen LogP contribution is -2.40. The number of rotatable bonds is 5. The molecule has 0 saturated heterocycles. The Morgan fingerprint density at radius 1 is 1.08 bits per heavy atom. The van der Waals surface area contributed by atoms with E-state index in [0.29, 0.717) is 0 Å². The van der Waals surface area contributed by atoms with Crippen LogP contribution in [0.3, 0.4) is 0 Å². The maximum absolute atomic E-state index is 8.96. The summed E-state index contributed by atoms with van der Waals surface area (Å²) < 4.78 is 0. The van der Waals surface area contributed by atoms with Crippen molar-refractivity contribution in [3.8, 4) is 0 Å². The molecule has 1 aliphatic heterocycles. The standard InChI is InChI=1S/C21H26N2S/c1-4-20(22)21(13-14-23(2)3)17-10-6-5-9-16(17)15-24-19-12-8-7-11-18(19)21/h5-12,22H,4,13-15H2,1-3H3. The molecule has 3 heteroatoms. The SMILES string of the molecule is CCC(=N)C1(CCN(C)C)c2ccccc2CSc2ccccc21. The van der Waals surface area contributed by atoms with Crippen LogP contribution in [0.1, 0.15) is 36.5 Å². The van der Waals surface area contributed by atoms with Crippen LogP contribution >= 0.6 is 11.8 Å². The van der Waals surface area contributed by atoms with Gasteiger partial charge in [0.2, 0.25) is 0 Å². The molecule has 1 N–H and O–H groups in total. The highest BCUT2D eigenvalue weighted by Crippen LogP contribution is 2.47. The molecule has 2 nitrogen and oxygen atoms in total. The van der Waals surface area contributed by atoms with Gasteiger partial charge in [0, 0.05) is 16.4 Å². The predicted octanol–water partition coefficient (Wildman–Crippen LogP) is 4.96. The molecule has 2 aromatic rings. The van der Waals surface area contributed by atoms with E-state index in [-0.39, 0.29) is 5.41 Å². The summed E-state index contributed by atoms with van der Waals surface area (Å²) in [5.74, 6) is 0.980. The monoisotopic (exact) mass is 338 g/mol. The van der Waals surface area contributed by atoms with Crippen LogP contribution in [0.25, 0.3) is 0 Å². The summed E-state index contributed by atoms with van der Waals surface area (Å²) in [4.78, 5) is 3.55. The number of benzene rings is 2. The molecule has 1 atom stereocenters. The van der Waals surface area contributed by atoms with Crippen LogP contribution in [-0.4, -0.2) is 31.3 Å². The van der Waals surface area contributed by atoms with Crippen molar-refractivity contribution in [1.29, 1.82) is 5.41 Å². The van der Waals surface area contributed by atoms with Gasteiger partial charge in [-0.15, -0.1) is 11.8 Å². The molecule has 0 spiro atoms. The van der Waals surface area contributed by atoms with Crippen molar-refractivity contribution in [1.82, 2.24) is 4.90 Å². The van der Waals surface area contributed by atoms with Crippen LogP contribution < -0.4 is 0 Å². The van der Waals surface area contributed by atoms with Gasteiger partial charge in [0.1, 0.15) is 0 Å². The smallest absolute Gasteiger partial charge is 0.0603 e. The molecule has 3 rings (SSSR count). The Kier molecular flexibility index (Phi) is 5.12. The van der Waals surface area contributed by atoms with E-state index in [1.54, 1.807) is 0 Å². The molecule has 1 unspecified atom stereocenters. The minimum absolute atomic E-state index is 0.310. The van der Waals surface area contributed by atoms with Gasteiger partial charge >= 0.3 is 0 Å². The summed E-state index contributed by atoms with van der Waals surface area (Å²) in [5, 5.41) is 8.96. The first-order valence-electron chi connectivity index (χ1n) is 8.63. The fourth-order valence-corrected chi connectivity index (χ4v) is 4.88. The lowest BCUT2D eigenvalue weighted by atomic mass is 9.66. The Balaban J connectivity index is 2.29. The van der Waals surface area contributed by atoms with Gasteiger partial charge < -0.3 is 10.3 Å². The second-order valence-corrected chi connectivity index (χ2v) is 7.75. The van der Waals surface area contributed by atoms with E-state index in [1.807, 2.05) is 11.8 Å². The number of thioether (sulfide) groups is 1. The predicted molar refractivity (Wildman–Crippen MR) is 104 cm³/mol. The Hall–Kier alpha value is -1.58. The fraction of sp³-hybridized carbons (Fsp3) is 0.381. The summed E-state index contributed by atoms with van der Waals surface area (Å²) in [6.07, 6.45) is 1.72. The van der Waals surface area contributed by atoms with E-state index in [9.17, 15) is 0 Å². The van der Waals surface area contributed by atoms with E-state index in [4.69, 9.17) is 5.41 Å². The van der Waals surface area contributed by atoms with Crippen LogP contribution in [-0.2, 0) is 11.2 Å². The average molecular weight is 339 g/mol. The minimum atomic E-state index is -0.310. The third kappa shape index (κ3) is 2.91. The van der Waals surface area contributed by atoms with E-state index in [2.05, 4.69) is 74.4 Å². The third-order valence-corrected chi connectivity index (χ3v) is 6.13. The summed E-state index contributed by atoms with van der Waals surface area (Å²) in [6, 6.07) is 17.4. The minimum Gasteiger partial charge on any atom is -0.309 e. The van der Waals surface area contributed by atoms with Gasteiger partial charge in [-0.3, -0.25) is 0 Å². The van der Waals surface area contributed by atoms with Crippen LogP contribution in [0.2, 0.25) is 0 Å². The molecule has 0 radical (unpaired) electrons. The molecule has 0 saturated carbocycles. The molecular weight excluding hydrogens is 312 g/mol. The summed E-state index contributed by atoms with van der Waals surface area (Å²) in [5.41, 5.74) is 4.53. The molecule has 24 heavy (non-hydrogen) atoms. The Morgan fingerprint density at radius 2 is 1.75 bits per heavy atom. The van der Waals surface area contributed by atoms with E-state index in [1.165, 1.54) is 21.6 Å². The van der Waals surface area contributed by atoms with Crippen LogP contribution in [0.15, 0.2) is 53.4 Å². The van der Waals surface area contributed by atoms with Crippen molar-refractivity contribution in [2.45, 2.75) is 35.8 Å². The Bertz CT molecular complexity index is 689. The molecular formula is C21H26N2S. The van der Waals surface area contributed by atoms with Gasteiger partial charge in [-0.1, -0.05) is 49.4 Å². The molecule has 0 aliphatic carbocycles. The number of nitrogens with one attached hydrogen (secondary N) is 1. The van der Waals surface area contributed by atoms with Gasteiger partial charge in [0.25, 0.3) is 0 Å². The van der Waals surface area contributed by atoms with Crippen molar-refractivity contribution in [2.24, 2.45) is 0 Å². The van der Waals surface area contributed by atoms with Gasteiger partial charge in [0.15, 0.2) is 0 Å². The molecule has 1 aliphatic rings. The molecule has 0 aromatic heterocycles. The topological polar surface area (TPSA) is 27.1 Å². The zero-order valence-corrected chi connectivity index (χ0v) is 15.6. The van der Waals surface area contributed by atoms with Crippen LogP contribution in [0.4, 0.5) is 0 Å². The molecule has 0 bridgehead atoms. The van der Waals surface area contributed by atoms with Crippen molar-refractivity contribution in [2.75, 3.05) is 20.6 Å². The summed E-state index contributed by atoms with van der Waals surface area (Å²) in [6.45, 7) is 3.08. The first-order chi connectivity index (χ1) is 11.6. The van der Waals surface area contributed by atoms with Gasteiger partial charge in [-0.25, -0.2) is 0 Å². The third-order valence-electron chi connectivity index (χ3n) is 5.01. The fourth-order valence-electron chi connectivity index (χ4n) is 3.75. The summed E-state index contributed by atoms with van der Waals surface area (Å²) >= 11 is 1.91. The van der Waals surface area contributed by atoms with E-state index in [0.717, 1.165) is 30.9 Å². The summed E-state index contributed by atoms with van der Waals surface area (Å²) in [7, 11) is 4.24. The highest BCUT2D eigenvalue weighted by atomic mass is 32.2. The van der Waals surface area contributed by atoms with Crippen LogP contribution in [0, 0.1) is 5.41 Å². The van der Waals surface area contributed by atoms with Crippen molar-refractivity contribution < 1.29 is 0 Å². The van der Waals surface area contributed by atoms with Gasteiger partial charge in [-0.2, -0.15) is 0 Å². The molecule has 0 amide bonds. The number of hydrogen-bond donors (Lipinski definition) is 1. The normalized spacial score (nSPS) is 19.5. The highest BCUT2D eigenvalue weighted by molar-refractivity contribution is 7.98. The Morgan fingerprint density at radius 3 is 2.46 bits per heavy atom. The highest BCUT2D eigenvalue weighted by Gasteiger charge is 2.42. The van der Waals surface area contributed by atoms with E-state index < -0.39 is 0 Å². The number of nitrogens with zero attached hydrogens (tertiary/aromatic N) is 1. The lowest BCUT2D eigenvalue weighted by Gasteiger charge is -2.37.